The summed E-state index contributed by atoms with van der Waals surface area (Å²) in [7, 11) is 0. The summed E-state index contributed by atoms with van der Waals surface area (Å²) in [5, 5.41) is 0. The summed E-state index contributed by atoms with van der Waals surface area (Å²) in [5.74, 6) is 0. The fourth-order valence-corrected chi connectivity index (χ4v) is 1.41. The summed E-state index contributed by atoms with van der Waals surface area (Å²) in [6.45, 7) is 6.73. The van der Waals surface area contributed by atoms with E-state index < -0.39 is 0 Å². The molecular formula is C11H12O. The Balaban J connectivity index is 2.38. The maximum Gasteiger partial charge on any atom is 0.106 e. The minimum absolute atomic E-state index is 0.365. The van der Waals surface area contributed by atoms with Crippen LogP contribution < -0.4 is 0 Å². The second-order valence-electron chi connectivity index (χ2n) is 3.14. The third kappa shape index (κ3) is 1.28. The Kier molecular flexibility index (Phi) is 1.74. The van der Waals surface area contributed by atoms with Gasteiger partial charge in [-0.3, -0.25) is 0 Å². The van der Waals surface area contributed by atoms with Gasteiger partial charge in [-0.15, -0.1) is 0 Å². The summed E-state index contributed by atoms with van der Waals surface area (Å²) >= 11 is 0. The smallest absolute Gasteiger partial charge is 0.106 e. The third-order valence-electron chi connectivity index (χ3n) is 2.21. The molecule has 0 bridgehead atoms. The van der Waals surface area contributed by atoms with Crippen molar-refractivity contribution < 1.29 is 4.74 Å². The molecule has 2 rings (SSSR count). The zero-order valence-electron chi connectivity index (χ0n) is 7.21. The van der Waals surface area contributed by atoms with Crippen molar-refractivity contribution in [3.63, 3.8) is 0 Å². The lowest BCUT2D eigenvalue weighted by Crippen LogP contribution is -1.86. The Labute approximate surface area is 72.7 Å². The molecule has 1 aliphatic heterocycles. The molecule has 0 amide bonds. The maximum atomic E-state index is 5.22. The van der Waals surface area contributed by atoms with Crippen LogP contribution in [0.3, 0.4) is 0 Å². The van der Waals surface area contributed by atoms with Gasteiger partial charge in [0.2, 0.25) is 0 Å². The lowest BCUT2D eigenvalue weighted by Gasteiger charge is -2.02. The molecular weight excluding hydrogens is 148 g/mol. The molecule has 0 spiro atoms. The second kappa shape index (κ2) is 2.76. The first kappa shape index (κ1) is 7.56. The van der Waals surface area contributed by atoms with E-state index >= 15 is 0 Å². The van der Waals surface area contributed by atoms with Crippen LogP contribution in [0.5, 0.6) is 0 Å². The van der Waals surface area contributed by atoms with Crippen LogP contribution in [-0.4, -0.2) is 6.61 Å². The number of aryl methyl sites for hydroxylation is 1. The Morgan fingerprint density at radius 1 is 1.58 bits per heavy atom. The highest BCUT2D eigenvalue weighted by Crippen LogP contribution is 2.32. The van der Waals surface area contributed by atoms with E-state index in [0.29, 0.717) is 6.10 Å². The van der Waals surface area contributed by atoms with Crippen molar-refractivity contribution in [2.75, 3.05) is 6.61 Å². The highest BCUT2D eigenvalue weighted by Gasteiger charge is 2.25. The molecule has 1 heteroatoms. The minimum Gasteiger partial charge on any atom is -0.368 e. The standard InChI is InChI=1S/C11H12O/c1-3-9-4-5-10(8(2)6-9)11-7-12-11/h3-6,11H,1,7H2,2H3. The number of hydrogen-bond donors (Lipinski definition) is 0. The number of rotatable bonds is 2. The normalized spacial score (nSPS) is 20.6. The van der Waals surface area contributed by atoms with Crippen molar-refractivity contribution in [3.8, 4) is 0 Å². The van der Waals surface area contributed by atoms with Gasteiger partial charge in [0.1, 0.15) is 6.10 Å². The fraction of sp³-hybridized carbons (Fsp3) is 0.273. The topological polar surface area (TPSA) is 12.5 Å². The first-order valence-corrected chi connectivity index (χ1v) is 4.16. The van der Waals surface area contributed by atoms with Crippen LogP contribution in [0, 0.1) is 6.92 Å². The summed E-state index contributed by atoms with van der Waals surface area (Å²) in [5.41, 5.74) is 3.80. The average molecular weight is 160 g/mol. The van der Waals surface area contributed by atoms with Crippen LogP contribution >= 0.6 is 0 Å². The van der Waals surface area contributed by atoms with Crippen molar-refractivity contribution in [3.05, 3.63) is 41.5 Å². The quantitative estimate of drug-likeness (QED) is 0.606. The average Bonchev–Trinajstić information content (AvgIpc) is 2.87. The second-order valence-corrected chi connectivity index (χ2v) is 3.14. The SMILES string of the molecule is C=Cc1ccc(C2CO2)c(C)c1. The molecule has 62 valence electrons. The molecule has 1 atom stereocenters. The van der Waals surface area contributed by atoms with E-state index in [1.54, 1.807) is 0 Å². The minimum atomic E-state index is 0.365. The van der Waals surface area contributed by atoms with E-state index in [4.69, 9.17) is 4.74 Å². The van der Waals surface area contributed by atoms with Crippen LogP contribution in [0.1, 0.15) is 22.8 Å². The molecule has 1 saturated heterocycles. The molecule has 1 nitrogen and oxygen atoms in total. The van der Waals surface area contributed by atoms with Crippen LogP contribution in [0.2, 0.25) is 0 Å². The van der Waals surface area contributed by atoms with Crippen LogP contribution in [0.15, 0.2) is 24.8 Å². The third-order valence-corrected chi connectivity index (χ3v) is 2.21. The highest BCUT2D eigenvalue weighted by atomic mass is 16.6. The molecule has 1 aromatic carbocycles. The van der Waals surface area contributed by atoms with E-state index in [1.807, 2.05) is 6.08 Å². The molecule has 1 aromatic rings. The Morgan fingerprint density at radius 2 is 2.33 bits per heavy atom. The van der Waals surface area contributed by atoms with Gasteiger partial charge in [-0.2, -0.15) is 0 Å². The van der Waals surface area contributed by atoms with E-state index in [2.05, 4.69) is 31.7 Å². The van der Waals surface area contributed by atoms with Gasteiger partial charge in [-0.05, 0) is 23.6 Å². The summed E-state index contributed by atoms with van der Waals surface area (Å²) in [6.07, 6.45) is 2.23. The zero-order valence-corrected chi connectivity index (χ0v) is 7.21. The summed E-state index contributed by atoms with van der Waals surface area (Å²) < 4.78 is 5.22. The largest absolute Gasteiger partial charge is 0.368 e. The number of hydrogen-bond acceptors (Lipinski definition) is 1. The van der Waals surface area contributed by atoms with E-state index in [1.165, 1.54) is 16.7 Å². The predicted octanol–water partition coefficient (Wildman–Crippen LogP) is 2.71. The Morgan fingerprint density at radius 3 is 2.83 bits per heavy atom. The molecule has 0 N–H and O–H groups in total. The molecule has 0 aliphatic carbocycles. The molecule has 1 fully saturated rings. The molecule has 1 heterocycles. The maximum absolute atomic E-state index is 5.22. The van der Waals surface area contributed by atoms with Crippen LogP contribution in [0.25, 0.3) is 6.08 Å². The lowest BCUT2D eigenvalue weighted by atomic mass is 10.0. The van der Waals surface area contributed by atoms with Gasteiger partial charge in [-0.1, -0.05) is 30.9 Å². The first-order chi connectivity index (χ1) is 5.81. The Bertz CT molecular complexity index is 311. The lowest BCUT2D eigenvalue weighted by molar-refractivity contribution is 0.415. The highest BCUT2D eigenvalue weighted by molar-refractivity contribution is 5.50. The van der Waals surface area contributed by atoms with Crippen molar-refractivity contribution in [2.24, 2.45) is 0 Å². The van der Waals surface area contributed by atoms with Crippen molar-refractivity contribution in [1.29, 1.82) is 0 Å². The molecule has 0 saturated carbocycles. The molecule has 1 aliphatic rings. The van der Waals surface area contributed by atoms with Gasteiger partial charge < -0.3 is 4.74 Å². The van der Waals surface area contributed by atoms with Crippen LogP contribution in [0.4, 0.5) is 0 Å². The fourth-order valence-electron chi connectivity index (χ4n) is 1.41. The predicted molar refractivity (Wildman–Crippen MR) is 50.0 cm³/mol. The van der Waals surface area contributed by atoms with Crippen molar-refractivity contribution in [2.45, 2.75) is 13.0 Å². The van der Waals surface area contributed by atoms with Crippen molar-refractivity contribution in [1.82, 2.24) is 0 Å². The van der Waals surface area contributed by atoms with Crippen molar-refractivity contribution >= 4 is 6.08 Å². The summed E-state index contributed by atoms with van der Waals surface area (Å²) in [4.78, 5) is 0. The van der Waals surface area contributed by atoms with Gasteiger partial charge in [-0.25, -0.2) is 0 Å². The van der Waals surface area contributed by atoms with E-state index in [0.717, 1.165) is 6.61 Å². The van der Waals surface area contributed by atoms with Gasteiger partial charge >= 0.3 is 0 Å². The van der Waals surface area contributed by atoms with Gasteiger partial charge in [0.25, 0.3) is 0 Å². The Hall–Kier alpha value is -1.08. The van der Waals surface area contributed by atoms with Gasteiger partial charge in [0, 0.05) is 0 Å². The summed E-state index contributed by atoms with van der Waals surface area (Å²) in [6, 6.07) is 6.35. The molecule has 12 heavy (non-hydrogen) atoms. The number of epoxide rings is 1. The van der Waals surface area contributed by atoms with Crippen LogP contribution in [-0.2, 0) is 4.74 Å². The number of benzene rings is 1. The van der Waals surface area contributed by atoms with E-state index in [9.17, 15) is 0 Å². The zero-order chi connectivity index (χ0) is 8.55. The van der Waals surface area contributed by atoms with Gasteiger partial charge in [0.05, 0.1) is 6.61 Å². The van der Waals surface area contributed by atoms with E-state index in [-0.39, 0.29) is 0 Å². The monoisotopic (exact) mass is 160 g/mol. The van der Waals surface area contributed by atoms with Gasteiger partial charge in [0.15, 0.2) is 0 Å². The first-order valence-electron chi connectivity index (χ1n) is 4.16. The molecule has 0 aromatic heterocycles. The molecule has 1 unspecified atom stereocenters. The number of ether oxygens (including phenoxy) is 1. The molecule has 0 radical (unpaired) electrons.